The van der Waals surface area contributed by atoms with E-state index in [1.165, 1.54) is 0 Å². The van der Waals surface area contributed by atoms with Gasteiger partial charge in [0.25, 0.3) is 5.91 Å². The SMILES string of the molecule is CCC(=O)Nc1ccc(C(C)NC(=O)c2cc3cc(Cl)ccc3o2)cc1. The minimum absolute atomic E-state index is 0.0379. The molecule has 0 bridgehead atoms. The first kappa shape index (κ1) is 18.0. The molecule has 0 spiro atoms. The second kappa shape index (κ2) is 7.62. The zero-order chi connectivity index (χ0) is 18.7. The van der Waals surface area contributed by atoms with Gasteiger partial charge < -0.3 is 15.1 Å². The first-order chi connectivity index (χ1) is 12.5. The van der Waals surface area contributed by atoms with Crippen molar-refractivity contribution in [2.24, 2.45) is 0 Å². The Morgan fingerprint density at radius 1 is 1.12 bits per heavy atom. The van der Waals surface area contributed by atoms with Gasteiger partial charge in [-0.25, -0.2) is 0 Å². The minimum atomic E-state index is -0.298. The molecule has 3 aromatic rings. The number of hydrogen-bond acceptors (Lipinski definition) is 3. The summed E-state index contributed by atoms with van der Waals surface area (Å²) >= 11 is 5.96. The van der Waals surface area contributed by atoms with Crippen molar-refractivity contribution < 1.29 is 14.0 Å². The van der Waals surface area contributed by atoms with Crippen LogP contribution in [0.2, 0.25) is 5.02 Å². The molecule has 2 N–H and O–H groups in total. The first-order valence-corrected chi connectivity index (χ1v) is 8.74. The van der Waals surface area contributed by atoms with Gasteiger partial charge in [0.05, 0.1) is 6.04 Å². The summed E-state index contributed by atoms with van der Waals surface area (Å²) in [4.78, 5) is 23.8. The summed E-state index contributed by atoms with van der Waals surface area (Å²) in [5, 5.41) is 7.07. The average Bonchev–Trinajstić information content (AvgIpc) is 3.05. The first-order valence-electron chi connectivity index (χ1n) is 8.36. The van der Waals surface area contributed by atoms with Crippen LogP contribution in [0.4, 0.5) is 5.69 Å². The third-order valence-corrected chi connectivity index (χ3v) is 4.30. The molecule has 0 aliphatic heterocycles. The number of benzene rings is 2. The van der Waals surface area contributed by atoms with Crippen LogP contribution in [0.15, 0.2) is 52.9 Å². The van der Waals surface area contributed by atoms with E-state index >= 15 is 0 Å². The fraction of sp³-hybridized carbons (Fsp3) is 0.200. The Balaban J connectivity index is 1.68. The van der Waals surface area contributed by atoms with E-state index in [9.17, 15) is 9.59 Å². The van der Waals surface area contributed by atoms with Gasteiger partial charge in [0.1, 0.15) is 5.58 Å². The second-order valence-electron chi connectivity index (χ2n) is 6.01. The Labute approximate surface area is 156 Å². The zero-order valence-electron chi connectivity index (χ0n) is 14.5. The quantitative estimate of drug-likeness (QED) is 0.669. The summed E-state index contributed by atoms with van der Waals surface area (Å²) < 4.78 is 5.58. The molecule has 1 unspecified atom stereocenters. The van der Waals surface area contributed by atoms with E-state index in [4.69, 9.17) is 16.0 Å². The van der Waals surface area contributed by atoms with Crippen LogP contribution in [-0.4, -0.2) is 11.8 Å². The van der Waals surface area contributed by atoms with Crippen LogP contribution in [0, 0.1) is 0 Å². The third kappa shape index (κ3) is 4.06. The van der Waals surface area contributed by atoms with E-state index in [2.05, 4.69) is 10.6 Å². The smallest absolute Gasteiger partial charge is 0.287 e. The molecule has 2 amide bonds. The average molecular weight is 371 g/mol. The number of halogens is 1. The van der Waals surface area contributed by atoms with Crippen molar-refractivity contribution in [1.82, 2.24) is 5.32 Å². The topological polar surface area (TPSA) is 71.3 Å². The lowest BCUT2D eigenvalue weighted by Crippen LogP contribution is -2.26. The molecule has 1 heterocycles. The van der Waals surface area contributed by atoms with Gasteiger partial charge in [-0.15, -0.1) is 0 Å². The molecule has 1 atom stereocenters. The lowest BCUT2D eigenvalue weighted by atomic mass is 10.1. The molecule has 6 heteroatoms. The van der Waals surface area contributed by atoms with Crippen LogP contribution in [-0.2, 0) is 4.79 Å². The molecule has 0 aliphatic carbocycles. The van der Waals surface area contributed by atoms with Crippen molar-refractivity contribution in [2.45, 2.75) is 26.3 Å². The van der Waals surface area contributed by atoms with Crippen LogP contribution in [0.1, 0.15) is 42.4 Å². The molecule has 5 nitrogen and oxygen atoms in total. The highest BCUT2D eigenvalue weighted by molar-refractivity contribution is 6.31. The van der Waals surface area contributed by atoms with Gasteiger partial charge in [-0.1, -0.05) is 30.7 Å². The Morgan fingerprint density at radius 2 is 1.85 bits per heavy atom. The highest BCUT2D eigenvalue weighted by Crippen LogP contribution is 2.24. The standard InChI is InChI=1S/C20H19ClN2O3/c1-3-19(24)23-16-7-4-13(5-8-16)12(2)22-20(25)18-11-14-10-15(21)6-9-17(14)26-18/h4-12H,3H2,1-2H3,(H,22,25)(H,23,24). The van der Waals surface area contributed by atoms with Crippen LogP contribution < -0.4 is 10.6 Å². The predicted molar refractivity (Wildman–Crippen MR) is 102 cm³/mol. The van der Waals surface area contributed by atoms with Gasteiger partial charge in [0.15, 0.2) is 5.76 Å². The zero-order valence-corrected chi connectivity index (χ0v) is 15.3. The van der Waals surface area contributed by atoms with Crippen molar-refractivity contribution in [3.63, 3.8) is 0 Å². The number of furan rings is 1. The Kier molecular flexibility index (Phi) is 5.28. The molecule has 134 valence electrons. The maximum absolute atomic E-state index is 12.4. The Bertz CT molecular complexity index is 947. The predicted octanol–water partition coefficient (Wildman–Crippen LogP) is 4.93. The summed E-state index contributed by atoms with van der Waals surface area (Å²) in [6.07, 6.45) is 0.428. The molecule has 26 heavy (non-hydrogen) atoms. The summed E-state index contributed by atoms with van der Waals surface area (Å²) in [7, 11) is 0. The molecule has 2 aromatic carbocycles. The largest absolute Gasteiger partial charge is 0.451 e. The monoisotopic (exact) mass is 370 g/mol. The van der Waals surface area contributed by atoms with Crippen molar-refractivity contribution in [3.05, 3.63) is 64.9 Å². The van der Waals surface area contributed by atoms with Crippen molar-refractivity contribution >= 4 is 40.1 Å². The number of carbonyl (C=O) groups excluding carboxylic acids is 2. The molecule has 3 rings (SSSR count). The van der Waals surface area contributed by atoms with Gasteiger partial charge in [-0.05, 0) is 48.9 Å². The van der Waals surface area contributed by atoms with E-state index in [0.29, 0.717) is 17.0 Å². The molecule has 1 aromatic heterocycles. The summed E-state index contributed by atoms with van der Waals surface area (Å²) in [6.45, 7) is 3.68. The number of rotatable bonds is 5. The summed E-state index contributed by atoms with van der Waals surface area (Å²) in [6, 6.07) is 14.0. The van der Waals surface area contributed by atoms with Gasteiger partial charge in [0, 0.05) is 22.5 Å². The van der Waals surface area contributed by atoms with E-state index in [1.54, 1.807) is 31.2 Å². The van der Waals surface area contributed by atoms with Crippen LogP contribution in [0.5, 0.6) is 0 Å². The number of hydrogen-bond donors (Lipinski definition) is 2. The lowest BCUT2D eigenvalue weighted by molar-refractivity contribution is -0.115. The molecule has 0 fully saturated rings. The maximum Gasteiger partial charge on any atom is 0.287 e. The van der Waals surface area contributed by atoms with E-state index < -0.39 is 0 Å². The van der Waals surface area contributed by atoms with Gasteiger partial charge >= 0.3 is 0 Å². The van der Waals surface area contributed by atoms with Gasteiger partial charge in [-0.2, -0.15) is 0 Å². The summed E-state index contributed by atoms with van der Waals surface area (Å²) in [5.74, 6) is -0.0989. The highest BCUT2D eigenvalue weighted by atomic mass is 35.5. The van der Waals surface area contributed by atoms with Crippen LogP contribution >= 0.6 is 11.6 Å². The Hall–Kier alpha value is -2.79. The number of nitrogens with one attached hydrogen (secondary N) is 2. The fourth-order valence-electron chi connectivity index (χ4n) is 2.58. The minimum Gasteiger partial charge on any atom is -0.451 e. The highest BCUT2D eigenvalue weighted by Gasteiger charge is 2.16. The Morgan fingerprint density at radius 3 is 2.54 bits per heavy atom. The van der Waals surface area contributed by atoms with E-state index in [-0.39, 0.29) is 23.6 Å². The number of amides is 2. The summed E-state index contributed by atoms with van der Waals surface area (Å²) in [5.41, 5.74) is 2.27. The molecular formula is C20H19ClN2O3. The molecule has 0 saturated heterocycles. The van der Waals surface area contributed by atoms with E-state index in [0.717, 1.165) is 16.6 Å². The van der Waals surface area contributed by atoms with E-state index in [1.807, 2.05) is 31.2 Å². The normalized spacial score (nSPS) is 12.0. The molecule has 0 saturated carbocycles. The van der Waals surface area contributed by atoms with Gasteiger partial charge in [-0.3, -0.25) is 9.59 Å². The third-order valence-electron chi connectivity index (χ3n) is 4.07. The number of anilines is 1. The van der Waals surface area contributed by atoms with Crippen molar-refractivity contribution in [1.29, 1.82) is 0 Å². The van der Waals surface area contributed by atoms with Crippen LogP contribution in [0.25, 0.3) is 11.0 Å². The van der Waals surface area contributed by atoms with Crippen molar-refractivity contribution in [3.8, 4) is 0 Å². The maximum atomic E-state index is 12.4. The molecule has 0 aliphatic rings. The number of carbonyl (C=O) groups is 2. The number of fused-ring (bicyclic) bond motifs is 1. The lowest BCUT2D eigenvalue weighted by Gasteiger charge is -2.14. The fourth-order valence-corrected chi connectivity index (χ4v) is 2.76. The molecular weight excluding hydrogens is 352 g/mol. The second-order valence-corrected chi connectivity index (χ2v) is 6.45. The van der Waals surface area contributed by atoms with Gasteiger partial charge in [0.2, 0.25) is 5.91 Å². The van der Waals surface area contributed by atoms with Crippen LogP contribution in [0.3, 0.4) is 0 Å². The van der Waals surface area contributed by atoms with Crippen molar-refractivity contribution in [2.75, 3.05) is 5.32 Å². The molecule has 0 radical (unpaired) electrons.